The Balaban J connectivity index is 2.57. The molecule has 2 rings (SSSR count). The molecule has 17 heavy (non-hydrogen) atoms. The van der Waals surface area contributed by atoms with Crippen LogP contribution in [0.5, 0.6) is 0 Å². The number of benzene rings is 1. The molecule has 1 heterocycles. The van der Waals surface area contributed by atoms with Gasteiger partial charge in [-0.2, -0.15) is 0 Å². The second-order valence-electron chi connectivity index (χ2n) is 3.57. The van der Waals surface area contributed by atoms with Gasteiger partial charge in [0.15, 0.2) is 5.58 Å². The SMILES string of the molecule is NCCCn1c(=O)oc2ccc([N+](=O)[O-])cc21. The van der Waals surface area contributed by atoms with Crippen molar-refractivity contribution in [2.75, 3.05) is 6.54 Å². The Bertz CT molecular complexity index is 614. The largest absolute Gasteiger partial charge is 0.419 e. The lowest BCUT2D eigenvalue weighted by Gasteiger charge is -1.99. The summed E-state index contributed by atoms with van der Waals surface area (Å²) in [7, 11) is 0. The molecule has 0 aliphatic carbocycles. The van der Waals surface area contributed by atoms with Gasteiger partial charge in [0.05, 0.1) is 10.4 Å². The maximum atomic E-state index is 11.5. The van der Waals surface area contributed by atoms with Crippen molar-refractivity contribution >= 4 is 16.8 Å². The molecule has 7 nitrogen and oxygen atoms in total. The molecule has 0 amide bonds. The van der Waals surface area contributed by atoms with Gasteiger partial charge in [0.25, 0.3) is 5.69 Å². The molecule has 1 aromatic heterocycles. The van der Waals surface area contributed by atoms with E-state index in [1.165, 1.54) is 22.8 Å². The highest BCUT2D eigenvalue weighted by molar-refractivity contribution is 5.75. The summed E-state index contributed by atoms with van der Waals surface area (Å²) < 4.78 is 6.33. The van der Waals surface area contributed by atoms with Crippen molar-refractivity contribution in [1.29, 1.82) is 0 Å². The summed E-state index contributed by atoms with van der Waals surface area (Å²) in [5, 5.41) is 10.6. The Morgan fingerprint density at radius 2 is 2.24 bits per heavy atom. The maximum absolute atomic E-state index is 11.5. The number of fused-ring (bicyclic) bond motifs is 1. The molecule has 0 fully saturated rings. The van der Waals surface area contributed by atoms with Crippen LogP contribution in [0.15, 0.2) is 27.4 Å². The third kappa shape index (κ3) is 2.04. The average Bonchev–Trinajstić information content (AvgIpc) is 2.61. The van der Waals surface area contributed by atoms with E-state index in [0.717, 1.165) is 0 Å². The first-order chi connectivity index (χ1) is 8.13. The van der Waals surface area contributed by atoms with Crippen LogP contribution in [0.2, 0.25) is 0 Å². The Morgan fingerprint density at radius 3 is 2.88 bits per heavy atom. The van der Waals surface area contributed by atoms with Gasteiger partial charge in [-0.05, 0) is 19.0 Å². The van der Waals surface area contributed by atoms with Crippen molar-refractivity contribution in [3.05, 3.63) is 38.9 Å². The molecule has 90 valence electrons. The summed E-state index contributed by atoms with van der Waals surface area (Å²) in [6.07, 6.45) is 0.608. The van der Waals surface area contributed by atoms with Crippen molar-refractivity contribution in [3.63, 3.8) is 0 Å². The van der Waals surface area contributed by atoms with Gasteiger partial charge >= 0.3 is 5.76 Å². The van der Waals surface area contributed by atoms with Crippen LogP contribution < -0.4 is 11.5 Å². The standard InChI is InChI=1S/C10H11N3O4/c11-4-1-5-12-8-6-7(13(15)16)2-3-9(8)17-10(12)14/h2-3,6H,1,4-5,11H2. The van der Waals surface area contributed by atoms with E-state index >= 15 is 0 Å². The first-order valence-corrected chi connectivity index (χ1v) is 5.11. The minimum absolute atomic E-state index is 0.0696. The van der Waals surface area contributed by atoms with Crippen molar-refractivity contribution in [1.82, 2.24) is 4.57 Å². The van der Waals surface area contributed by atoms with Gasteiger partial charge in [-0.25, -0.2) is 4.79 Å². The van der Waals surface area contributed by atoms with Crippen molar-refractivity contribution in [3.8, 4) is 0 Å². The van der Waals surface area contributed by atoms with Gasteiger partial charge in [-0.1, -0.05) is 0 Å². The predicted octanol–water partition coefficient (Wildman–Crippen LogP) is 0.851. The van der Waals surface area contributed by atoms with Crippen LogP contribution in [0.4, 0.5) is 5.69 Å². The molecular formula is C10H11N3O4. The van der Waals surface area contributed by atoms with Crippen molar-refractivity contribution in [2.45, 2.75) is 13.0 Å². The highest BCUT2D eigenvalue weighted by atomic mass is 16.6. The lowest BCUT2D eigenvalue weighted by molar-refractivity contribution is -0.384. The van der Waals surface area contributed by atoms with Crippen LogP contribution in [-0.2, 0) is 6.54 Å². The average molecular weight is 237 g/mol. The van der Waals surface area contributed by atoms with Crippen LogP contribution >= 0.6 is 0 Å². The van der Waals surface area contributed by atoms with E-state index in [4.69, 9.17) is 10.2 Å². The van der Waals surface area contributed by atoms with Crippen LogP contribution in [0.25, 0.3) is 11.1 Å². The van der Waals surface area contributed by atoms with E-state index in [0.29, 0.717) is 30.6 Å². The predicted molar refractivity (Wildman–Crippen MR) is 60.8 cm³/mol. The lowest BCUT2D eigenvalue weighted by atomic mass is 10.3. The number of rotatable bonds is 4. The van der Waals surface area contributed by atoms with Gasteiger partial charge in [0.1, 0.15) is 0 Å². The number of aryl methyl sites for hydroxylation is 1. The first kappa shape index (κ1) is 11.3. The zero-order chi connectivity index (χ0) is 12.4. The Hall–Kier alpha value is -2.15. The minimum atomic E-state index is -0.519. The van der Waals surface area contributed by atoms with Gasteiger partial charge in [-0.3, -0.25) is 14.7 Å². The molecule has 1 aromatic carbocycles. The fourth-order valence-corrected chi connectivity index (χ4v) is 1.63. The fraction of sp³-hybridized carbons (Fsp3) is 0.300. The molecule has 0 unspecified atom stereocenters. The number of oxazole rings is 1. The second-order valence-corrected chi connectivity index (χ2v) is 3.57. The van der Waals surface area contributed by atoms with E-state index in [9.17, 15) is 14.9 Å². The molecule has 0 spiro atoms. The summed E-state index contributed by atoms with van der Waals surface area (Å²) in [4.78, 5) is 21.6. The zero-order valence-electron chi connectivity index (χ0n) is 8.96. The zero-order valence-corrected chi connectivity index (χ0v) is 8.96. The summed E-state index contributed by atoms with van der Waals surface area (Å²) in [6, 6.07) is 4.06. The van der Waals surface area contributed by atoms with Crippen molar-refractivity contribution < 1.29 is 9.34 Å². The van der Waals surface area contributed by atoms with Crippen molar-refractivity contribution in [2.24, 2.45) is 5.73 Å². The molecule has 2 aromatic rings. The van der Waals surface area contributed by atoms with Crippen LogP contribution in [0.3, 0.4) is 0 Å². The number of nitro groups is 1. The number of hydrogen-bond donors (Lipinski definition) is 1. The van der Waals surface area contributed by atoms with Gasteiger partial charge in [0, 0.05) is 18.7 Å². The smallest absolute Gasteiger partial charge is 0.408 e. The molecule has 0 radical (unpaired) electrons. The number of non-ortho nitro benzene ring substituents is 1. The number of nitrogens with zero attached hydrogens (tertiary/aromatic N) is 2. The van der Waals surface area contributed by atoms with E-state index < -0.39 is 10.7 Å². The molecular weight excluding hydrogens is 226 g/mol. The minimum Gasteiger partial charge on any atom is -0.408 e. The lowest BCUT2D eigenvalue weighted by Crippen LogP contribution is -2.16. The number of nitrogens with two attached hydrogens (primary N) is 1. The third-order valence-electron chi connectivity index (χ3n) is 2.45. The summed E-state index contributed by atoms with van der Waals surface area (Å²) in [5.41, 5.74) is 6.07. The normalized spacial score (nSPS) is 10.9. The highest BCUT2D eigenvalue weighted by Crippen LogP contribution is 2.20. The number of hydrogen-bond acceptors (Lipinski definition) is 5. The van der Waals surface area contributed by atoms with E-state index in [1.54, 1.807) is 0 Å². The molecule has 7 heteroatoms. The van der Waals surface area contributed by atoms with Crippen LogP contribution in [0, 0.1) is 10.1 Å². The topological polar surface area (TPSA) is 104 Å². The van der Waals surface area contributed by atoms with Crippen LogP contribution in [0.1, 0.15) is 6.42 Å². The van der Waals surface area contributed by atoms with Gasteiger partial charge < -0.3 is 10.2 Å². The summed E-state index contributed by atoms with van der Waals surface area (Å²) in [6.45, 7) is 0.831. The molecule has 0 aliphatic rings. The number of nitro benzene ring substituents is 1. The fourth-order valence-electron chi connectivity index (χ4n) is 1.63. The molecule has 0 aliphatic heterocycles. The van der Waals surface area contributed by atoms with E-state index in [-0.39, 0.29) is 5.69 Å². The third-order valence-corrected chi connectivity index (χ3v) is 2.45. The molecule has 0 bridgehead atoms. The summed E-state index contributed by atoms with van der Waals surface area (Å²) in [5.74, 6) is -0.519. The molecule has 0 saturated heterocycles. The Labute approximate surface area is 95.6 Å². The maximum Gasteiger partial charge on any atom is 0.419 e. The Kier molecular flexibility index (Phi) is 2.92. The van der Waals surface area contributed by atoms with Crippen LogP contribution in [-0.4, -0.2) is 16.0 Å². The Morgan fingerprint density at radius 1 is 1.47 bits per heavy atom. The summed E-state index contributed by atoms with van der Waals surface area (Å²) >= 11 is 0. The second kappa shape index (κ2) is 4.38. The van der Waals surface area contributed by atoms with E-state index in [1.807, 2.05) is 0 Å². The van der Waals surface area contributed by atoms with Gasteiger partial charge in [-0.15, -0.1) is 0 Å². The van der Waals surface area contributed by atoms with Gasteiger partial charge in [0.2, 0.25) is 0 Å². The highest BCUT2D eigenvalue weighted by Gasteiger charge is 2.13. The number of aromatic nitrogens is 1. The molecule has 0 atom stereocenters. The monoisotopic (exact) mass is 237 g/mol. The first-order valence-electron chi connectivity index (χ1n) is 5.11. The molecule has 2 N–H and O–H groups in total. The quantitative estimate of drug-likeness (QED) is 0.627. The molecule has 0 saturated carbocycles. The van der Waals surface area contributed by atoms with E-state index in [2.05, 4.69) is 0 Å².